The summed E-state index contributed by atoms with van der Waals surface area (Å²) in [6, 6.07) is 5.22. The van der Waals surface area contributed by atoms with Crippen LogP contribution in [0.15, 0.2) is 38.1 Å². The Morgan fingerprint density at radius 3 is 2.61 bits per heavy atom. The second kappa shape index (κ2) is 10.4. The van der Waals surface area contributed by atoms with Crippen molar-refractivity contribution in [3.8, 4) is 5.75 Å². The van der Waals surface area contributed by atoms with Gasteiger partial charge in [-0.25, -0.2) is 13.6 Å². The summed E-state index contributed by atoms with van der Waals surface area (Å²) in [7, 11) is -2.83. The van der Waals surface area contributed by atoms with Crippen LogP contribution >= 0.6 is 22.9 Å². The van der Waals surface area contributed by atoms with E-state index in [4.69, 9.17) is 9.47 Å². The maximum atomic E-state index is 14.3. The number of nitrogens with zero attached hydrogens (tertiary/aromatic N) is 2. The molecular weight excluding hydrogens is 617 g/mol. The lowest BCUT2D eigenvalue weighted by molar-refractivity contribution is -0.272. The lowest BCUT2D eigenvalue weighted by Crippen LogP contribution is -2.47. The zero-order valence-corrected chi connectivity index (χ0v) is 23.1. The molecule has 0 spiro atoms. The van der Waals surface area contributed by atoms with Gasteiger partial charge in [-0.2, -0.15) is 15.7 Å². The van der Waals surface area contributed by atoms with Crippen molar-refractivity contribution in [2.45, 2.75) is 56.5 Å². The summed E-state index contributed by atoms with van der Waals surface area (Å²) < 4.78 is 84.2. The molecule has 1 N–H and O–H groups in total. The van der Waals surface area contributed by atoms with Gasteiger partial charge in [-0.15, -0.1) is 0 Å². The van der Waals surface area contributed by atoms with E-state index in [1.165, 1.54) is 44.5 Å². The van der Waals surface area contributed by atoms with E-state index in [0.29, 0.717) is 0 Å². The van der Waals surface area contributed by atoms with Gasteiger partial charge in [-0.1, -0.05) is 13.0 Å². The van der Waals surface area contributed by atoms with E-state index in [9.17, 15) is 26.6 Å². The predicted molar refractivity (Wildman–Crippen MR) is 135 cm³/mol. The van der Waals surface area contributed by atoms with E-state index in [2.05, 4.69) is 12.9 Å². The summed E-state index contributed by atoms with van der Waals surface area (Å²) >= 11 is 1.60. The summed E-state index contributed by atoms with van der Waals surface area (Å²) in [6.07, 6.45) is -3.71. The molecule has 1 aromatic carbocycles. The standard InChI is InChI=1S/C23H26F4IN3O4S/c1-6-34-19-12(2)16(24)8-7-15(19)18-13(3)22(4,23(25,26)27)35-20(18)21(32)30-14-9-10-29-17(11-14)36(5,33)31-28/h7-11,13,18,20H,6H2,1-5H3,(H,29,30,32)/t13-,18-,20+,22+,36+/m0/s1. The number of rotatable bonds is 6. The summed E-state index contributed by atoms with van der Waals surface area (Å²) in [6.45, 7) is 5.51. The number of carbonyl (C=O) groups is 1. The van der Waals surface area contributed by atoms with Gasteiger partial charge in [-0.05, 0) is 39.0 Å². The van der Waals surface area contributed by atoms with Crippen molar-refractivity contribution in [2.24, 2.45) is 8.49 Å². The molecule has 1 saturated heterocycles. The van der Waals surface area contributed by atoms with Crippen LogP contribution in [-0.2, 0) is 19.3 Å². The van der Waals surface area contributed by atoms with Gasteiger partial charge in [0, 0.05) is 41.1 Å². The van der Waals surface area contributed by atoms with E-state index in [-0.39, 0.29) is 34.2 Å². The van der Waals surface area contributed by atoms with Crippen molar-refractivity contribution in [3.05, 3.63) is 47.4 Å². The molecule has 0 bridgehead atoms. The van der Waals surface area contributed by atoms with Crippen LogP contribution in [0.1, 0.15) is 37.8 Å². The third-order valence-corrected chi connectivity index (χ3v) is 9.98. The minimum Gasteiger partial charge on any atom is -0.493 e. The third-order valence-electron chi connectivity index (χ3n) is 6.47. The van der Waals surface area contributed by atoms with Gasteiger partial charge in [-0.3, -0.25) is 4.79 Å². The number of alkyl halides is 3. The van der Waals surface area contributed by atoms with Crippen molar-refractivity contribution >= 4 is 44.2 Å². The van der Waals surface area contributed by atoms with E-state index >= 15 is 0 Å². The number of pyridine rings is 1. The van der Waals surface area contributed by atoms with Crippen molar-refractivity contribution in [1.82, 2.24) is 4.98 Å². The highest BCUT2D eigenvalue weighted by Crippen LogP contribution is 2.55. The van der Waals surface area contributed by atoms with Gasteiger partial charge in [0.25, 0.3) is 5.91 Å². The van der Waals surface area contributed by atoms with Crippen molar-refractivity contribution in [3.63, 3.8) is 0 Å². The van der Waals surface area contributed by atoms with Crippen molar-refractivity contribution in [1.29, 1.82) is 0 Å². The monoisotopic (exact) mass is 643 g/mol. The first-order chi connectivity index (χ1) is 16.7. The topological polar surface area (TPSA) is 89.9 Å². The fourth-order valence-electron chi connectivity index (χ4n) is 4.25. The first kappa shape index (κ1) is 28.6. The van der Waals surface area contributed by atoms with Gasteiger partial charge in [0.05, 0.1) is 39.2 Å². The van der Waals surface area contributed by atoms with Gasteiger partial charge in [0.15, 0.2) is 5.60 Å². The molecule has 1 aliphatic heterocycles. The molecule has 3 rings (SSSR count). The molecule has 0 saturated carbocycles. The molecule has 5 atom stereocenters. The van der Waals surface area contributed by atoms with Gasteiger partial charge in [0.1, 0.15) is 22.7 Å². The molecule has 0 aliphatic carbocycles. The quantitative estimate of drug-likeness (QED) is 0.317. The normalized spacial score (nSPS) is 25.8. The predicted octanol–water partition coefficient (Wildman–Crippen LogP) is 5.81. The average Bonchev–Trinajstić information content (AvgIpc) is 3.09. The Balaban J connectivity index is 2.09. The maximum absolute atomic E-state index is 14.3. The number of amides is 1. The molecule has 0 radical (unpaired) electrons. The Kier molecular flexibility index (Phi) is 8.25. The summed E-state index contributed by atoms with van der Waals surface area (Å²) in [5.41, 5.74) is -2.13. The van der Waals surface area contributed by atoms with Gasteiger partial charge >= 0.3 is 6.18 Å². The lowest BCUT2D eigenvalue weighted by atomic mass is 9.76. The average molecular weight is 643 g/mol. The van der Waals surface area contributed by atoms with E-state index < -0.39 is 51.2 Å². The highest BCUT2D eigenvalue weighted by atomic mass is 127. The molecule has 7 nitrogen and oxygen atoms in total. The molecule has 13 heteroatoms. The highest BCUT2D eigenvalue weighted by molar-refractivity contribution is 14.1. The maximum Gasteiger partial charge on any atom is 0.417 e. The Morgan fingerprint density at radius 1 is 1.36 bits per heavy atom. The van der Waals surface area contributed by atoms with Crippen LogP contribution in [0.2, 0.25) is 0 Å². The fraction of sp³-hybridized carbons (Fsp3) is 0.478. The van der Waals surface area contributed by atoms with Crippen LogP contribution in [0, 0.1) is 18.7 Å². The molecule has 0 unspecified atom stereocenters. The molecule has 1 aromatic heterocycles. The lowest BCUT2D eigenvalue weighted by Gasteiger charge is -2.32. The van der Waals surface area contributed by atoms with Gasteiger partial charge in [0.2, 0.25) is 0 Å². The Labute approximate surface area is 221 Å². The number of halogens is 5. The number of anilines is 1. The molecule has 198 valence electrons. The molecule has 1 aliphatic rings. The van der Waals surface area contributed by atoms with E-state index in [1.54, 1.807) is 29.8 Å². The SMILES string of the molecule is CCOc1c([C@H]2[C@H](C(=O)Nc3ccnc([S@@](C)(=O)=NI)c3)O[C@@](C)(C(F)(F)F)[C@H]2C)ccc(F)c1C. The number of hydrogen-bond donors (Lipinski definition) is 1. The van der Waals surface area contributed by atoms with Crippen LogP contribution in [0.5, 0.6) is 5.75 Å². The first-order valence-corrected chi connectivity index (χ1v) is 13.8. The largest absolute Gasteiger partial charge is 0.493 e. The highest BCUT2D eigenvalue weighted by Gasteiger charge is 2.65. The Bertz CT molecular complexity index is 1280. The Morgan fingerprint density at radius 2 is 2.03 bits per heavy atom. The van der Waals surface area contributed by atoms with Crippen LogP contribution in [0.4, 0.5) is 23.2 Å². The number of benzene rings is 1. The number of hydrogen-bond acceptors (Lipinski definition) is 6. The van der Waals surface area contributed by atoms with Gasteiger partial charge < -0.3 is 14.8 Å². The molecule has 2 aromatic rings. The van der Waals surface area contributed by atoms with Crippen LogP contribution in [0.25, 0.3) is 0 Å². The number of aromatic nitrogens is 1. The summed E-state index contributed by atoms with van der Waals surface area (Å²) in [4.78, 5) is 17.4. The zero-order valence-electron chi connectivity index (χ0n) is 20.2. The van der Waals surface area contributed by atoms with Crippen LogP contribution in [0.3, 0.4) is 0 Å². The molecule has 36 heavy (non-hydrogen) atoms. The van der Waals surface area contributed by atoms with Crippen LogP contribution in [-0.4, -0.2) is 45.8 Å². The van der Waals surface area contributed by atoms with Crippen molar-refractivity contribution < 1.29 is 36.0 Å². The summed E-state index contributed by atoms with van der Waals surface area (Å²) in [5.74, 6) is -3.68. The third kappa shape index (κ3) is 5.19. The number of carbonyl (C=O) groups excluding carboxylic acids is 1. The van der Waals surface area contributed by atoms with E-state index in [1.807, 2.05) is 0 Å². The molecular formula is C23H26F4IN3O4S. The fourth-order valence-corrected chi connectivity index (χ4v) is 5.53. The zero-order chi connectivity index (χ0) is 27.1. The second-order valence-electron chi connectivity index (χ2n) is 8.73. The molecule has 1 amide bonds. The first-order valence-electron chi connectivity index (χ1n) is 10.9. The molecule has 2 heterocycles. The number of nitrogens with one attached hydrogen (secondary N) is 1. The minimum atomic E-state index is -4.79. The van der Waals surface area contributed by atoms with E-state index in [0.717, 1.165) is 13.0 Å². The summed E-state index contributed by atoms with van der Waals surface area (Å²) in [5, 5.41) is 2.65. The Hall–Kier alpha value is -2.00. The second-order valence-corrected chi connectivity index (χ2v) is 12.1. The van der Waals surface area contributed by atoms with Crippen LogP contribution < -0.4 is 10.1 Å². The van der Waals surface area contributed by atoms with Crippen molar-refractivity contribution in [2.75, 3.05) is 18.2 Å². The smallest absolute Gasteiger partial charge is 0.417 e. The minimum absolute atomic E-state index is 0.0859. The number of ether oxygens (including phenoxy) is 2. The molecule has 1 fully saturated rings.